The second-order valence-electron chi connectivity index (χ2n) is 15.5. The summed E-state index contributed by atoms with van der Waals surface area (Å²) in [5.41, 5.74) is 10.8. The third-order valence-electron chi connectivity index (χ3n) is 12.2. The molecule has 0 saturated carbocycles. The Labute approximate surface area is 349 Å². The van der Waals surface area contributed by atoms with Crippen LogP contribution < -0.4 is 0 Å². The molecule has 0 spiro atoms. The molecule has 6 heteroatoms. The molecule has 13 rings (SSSR count). The highest BCUT2D eigenvalue weighted by atomic mass is 16.3. The number of benzene rings is 9. The van der Waals surface area contributed by atoms with Gasteiger partial charge in [-0.25, -0.2) is 15.0 Å². The summed E-state index contributed by atoms with van der Waals surface area (Å²) in [7, 11) is 0. The van der Waals surface area contributed by atoms with Gasteiger partial charge in [0, 0.05) is 48.8 Å². The molecule has 0 fully saturated rings. The van der Waals surface area contributed by atoms with E-state index in [2.05, 4.69) is 167 Å². The standard InChI is InChI=1S/C55H33N5O/c1-2-17-35(18-3-1)53-56-54(58-55(57-53)44-28-14-26-42-39-23-8-11-33-49(39)61-52(42)44)43-27-13-24-40-37-21-6-10-30-47(37)60(50(40)43)48-32-15-25-41-38-22-7-9-29-46(38)59(51(41)48)45-31-12-19-34-16-4-5-20-36(34)45/h1-33H. The van der Waals surface area contributed by atoms with Crippen molar-refractivity contribution in [3.63, 3.8) is 0 Å². The molecule has 4 heterocycles. The predicted molar refractivity (Wildman–Crippen MR) is 250 cm³/mol. The summed E-state index contributed by atoms with van der Waals surface area (Å²) in [5.74, 6) is 1.71. The molecule has 0 aliphatic rings. The molecule has 0 bridgehead atoms. The minimum atomic E-state index is 0.548. The van der Waals surface area contributed by atoms with Gasteiger partial charge in [0.05, 0.1) is 39.0 Å². The van der Waals surface area contributed by atoms with E-state index in [1.807, 2.05) is 42.5 Å². The molecular formula is C55H33N5O. The van der Waals surface area contributed by atoms with Gasteiger partial charge in [0.15, 0.2) is 17.5 Å². The van der Waals surface area contributed by atoms with Crippen molar-refractivity contribution in [3.8, 4) is 45.5 Å². The van der Waals surface area contributed by atoms with Crippen LogP contribution in [0.5, 0.6) is 0 Å². The van der Waals surface area contributed by atoms with Gasteiger partial charge in [-0.1, -0.05) is 158 Å². The number of rotatable bonds is 5. The maximum absolute atomic E-state index is 6.55. The Bertz CT molecular complexity index is 3890. The van der Waals surface area contributed by atoms with Crippen LogP contribution in [0, 0.1) is 0 Å². The quantitative estimate of drug-likeness (QED) is 0.175. The van der Waals surface area contributed by atoms with Crippen molar-refractivity contribution in [2.75, 3.05) is 0 Å². The molecule has 4 aromatic heterocycles. The van der Waals surface area contributed by atoms with E-state index in [9.17, 15) is 0 Å². The summed E-state index contributed by atoms with van der Waals surface area (Å²) < 4.78 is 11.4. The molecule has 0 aliphatic carbocycles. The van der Waals surface area contributed by atoms with E-state index >= 15 is 0 Å². The van der Waals surface area contributed by atoms with Gasteiger partial charge in [0.1, 0.15) is 11.2 Å². The first-order valence-electron chi connectivity index (χ1n) is 20.5. The van der Waals surface area contributed by atoms with Gasteiger partial charge >= 0.3 is 0 Å². The Balaban J connectivity index is 1.15. The molecule has 0 amide bonds. The number of para-hydroxylation sites is 6. The van der Waals surface area contributed by atoms with Crippen molar-refractivity contribution in [2.24, 2.45) is 0 Å². The Morgan fingerprint density at radius 2 is 0.836 bits per heavy atom. The number of furan rings is 1. The molecule has 0 atom stereocenters. The summed E-state index contributed by atoms with van der Waals surface area (Å²) >= 11 is 0. The van der Waals surface area contributed by atoms with Crippen LogP contribution in [0.3, 0.4) is 0 Å². The van der Waals surface area contributed by atoms with Crippen molar-refractivity contribution >= 4 is 76.3 Å². The summed E-state index contributed by atoms with van der Waals surface area (Å²) in [4.78, 5) is 15.8. The fraction of sp³-hybridized carbons (Fsp3) is 0. The number of aromatic nitrogens is 5. The van der Waals surface area contributed by atoms with Crippen molar-refractivity contribution in [2.45, 2.75) is 0 Å². The maximum Gasteiger partial charge on any atom is 0.167 e. The summed E-state index contributed by atoms with van der Waals surface area (Å²) in [6, 6.07) is 70.3. The van der Waals surface area contributed by atoms with Crippen LogP contribution in [-0.2, 0) is 0 Å². The molecule has 9 aromatic carbocycles. The minimum Gasteiger partial charge on any atom is -0.455 e. The van der Waals surface area contributed by atoms with Gasteiger partial charge in [-0.05, 0) is 47.9 Å². The molecule has 0 radical (unpaired) electrons. The number of hydrogen-bond acceptors (Lipinski definition) is 4. The van der Waals surface area contributed by atoms with E-state index in [1.54, 1.807) is 0 Å². The van der Waals surface area contributed by atoms with Crippen LogP contribution in [-0.4, -0.2) is 24.1 Å². The zero-order chi connectivity index (χ0) is 40.0. The van der Waals surface area contributed by atoms with E-state index in [0.717, 1.165) is 82.8 Å². The SMILES string of the molecule is c1ccc(-c2nc(-c3cccc4c3oc3ccccc34)nc(-c3cccc4c5ccccc5n(-c5cccc6c7ccccc7n(-c7cccc8ccccc78)c56)c34)n2)cc1. The monoisotopic (exact) mass is 779 g/mol. The Morgan fingerprint density at radius 3 is 1.62 bits per heavy atom. The Hall–Kier alpha value is -8.35. The molecule has 0 saturated heterocycles. The van der Waals surface area contributed by atoms with E-state index in [-0.39, 0.29) is 0 Å². The van der Waals surface area contributed by atoms with Crippen molar-refractivity contribution in [1.29, 1.82) is 0 Å². The van der Waals surface area contributed by atoms with Crippen molar-refractivity contribution in [3.05, 3.63) is 200 Å². The highest BCUT2D eigenvalue weighted by molar-refractivity contribution is 6.17. The second-order valence-corrected chi connectivity index (χ2v) is 15.5. The van der Waals surface area contributed by atoms with Crippen LogP contribution >= 0.6 is 0 Å². The van der Waals surface area contributed by atoms with E-state index in [1.165, 1.54) is 21.5 Å². The smallest absolute Gasteiger partial charge is 0.167 e. The lowest BCUT2D eigenvalue weighted by atomic mass is 10.1. The normalized spacial score (nSPS) is 11.9. The Morgan fingerprint density at radius 1 is 0.328 bits per heavy atom. The van der Waals surface area contributed by atoms with Crippen molar-refractivity contribution < 1.29 is 4.42 Å². The molecule has 0 unspecified atom stereocenters. The minimum absolute atomic E-state index is 0.548. The van der Waals surface area contributed by atoms with E-state index < -0.39 is 0 Å². The van der Waals surface area contributed by atoms with Crippen LogP contribution in [0.15, 0.2) is 205 Å². The molecule has 0 N–H and O–H groups in total. The second kappa shape index (κ2) is 13.1. The average Bonchev–Trinajstić information content (AvgIpc) is 4.00. The van der Waals surface area contributed by atoms with Crippen LogP contribution in [0.4, 0.5) is 0 Å². The van der Waals surface area contributed by atoms with Crippen molar-refractivity contribution in [1.82, 2.24) is 24.1 Å². The third kappa shape index (κ3) is 5.00. The van der Waals surface area contributed by atoms with Crippen LogP contribution in [0.25, 0.3) is 122 Å². The first-order valence-corrected chi connectivity index (χ1v) is 20.5. The zero-order valence-corrected chi connectivity index (χ0v) is 32.7. The molecule has 284 valence electrons. The van der Waals surface area contributed by atoms with E-state index in [4.69, 9.17) is 19.4 Å². The van der Waals surface area contributed by atoms with Gasteiger partial charge in [-0.3, -0.25) is 0 Å². The number of nitrogens with zero attached hydrogens (tertiary/aromatic N) is 5. The highest BCUT2D eigenvalue weighted by Crippen LogP contribution is 2.43. The molecule has 61 heavy (non-hydrogen) atoms. The number of hydrogen-bond donors (Lipinski definition) is 0. The zero-order valence-electron chi connectivity index (χ0n) is 32.7. The van der Waals surface area contributed by atoms with Crippen LogP contribution in [0.2, 0.25) is 0 Å². The van der Waals surface area contributed by atoms with Gasteiger partial charge in [0.2, 0.25) is 0 Å². The maximum atomic E-state index is 6.55. The first-order chi connectivity index (χ1) is 30.3. The fourth-order valence-electron chi connectivity index (χ4n) is 9.54. The molecule has 0 aliphatic heterocycles. The van der Waals surface area contributed by atoms with Gasteiger partial charge in [0.25, 0.3) is 0 Å². The molecular weight excluding hydrogens is 747 g/mol. The Kier molecular flexibility index (Phi) is 7.21. The van der Waals surface area contributed by atoms with Gasteiger partial charge in [-0.2, -0.15) is 0 Å². The lowest BCUT2D eigenvalue weighted by molar-refractivity contribution is 0.669. The molecule has 6 nitrogen and oxygen atoms in total. The highest BCUT2D eigenvalue weighted by Gasteiger charge is 2.24. The third-order valence-corrected chi connectivity index (χ3v) is 12.2. The fourth-order valence-corrected chi connectivity index (χ4v) is 9.54. The van der Waals surface area contributed by atoms with Crippen LogP contribution in [0.1, 0.15) is 0 Å². The average molecular weight is 780 g/mol. The number of fused-ring (bicyclic) bond motifs is 10. The lowest BCUT2D eigenvalue weighted by Crippen LogP contribution is -2.04. The van der Waals surface area contributed by atoms with E-state index in [0.29, 0.717) is 17.5 Å². The topological polar surface area (TPSA) is 61.7 Å². The summed E-state index contributed by atoms with van der Waals surface area (Å²) in [6.45, 7) is 0. The molecule has 13 aromatic rings. The summed E-state index contributed by atoms with van der Waals surface area (Å²) in [5, 5.41) is 9.10. The van der Waals surface area contributed by atoms with Gasteiger partial charge < -0.3 is 13.6 Å². The van der Waals surface area contributed by atoms with Gasteiger partial charge in [-0.15, -0.1) is 0 Å². The first kappa shape index (κ1) is 33.6. The predicted octanol–water partition coefficient (Wildman–Crippen LogP) is 14.1. The lowest BCUT2D eigenvalue weighted by Gasteiger charge is -2.17. The largest absolute Gasteiger partial charge is 0.455 e. The summed E-state index contributed by atoms with van der Waals surface area (Å²) in [6.07, 6.45) is 0.